The van der Waals surface area contributed by atoms with Gasteiger partial charge in [0.1, 0.15) is 18.2 Å². The number of anilines is 1. The van der Waals surface area contributed by atoms with Crippen LogP contribution in [-0.2, 0) is 20.9 Å². The van der Waals surface area contributed by atoms with Gasteiger partial charge in [0.15, 0.2) is 0 Å². The van der Waals surface area contributed by atoms with Gasteiger partial charge in [-0.2, -0.15) is 5.10 Å². The summed E-state index contributed by atoms with van der Waals surface area (Å²) in [5.74, 6) is -0.652. The van der Waals surface area contributed by atoms with E-state index >= 15 is 0 Å². The minimum Gasteiger partial charge on any atom is -0.465 e. The van der Waals surface area contributed by atoms with Crippen LogP contribution in [0.25, 0.3) is 11.3 Å². The molecular weight excluding hydrogens is 301 g/mol. The van der Waals surface area contributed by atoms with Crippen LogP contribution in [0, 0.1) is 12.7 Å². The Labute approximate surface area is 133 Å². The van der Waals surface area contributed by atoms with E-state index in [9.17, 15) is 14.0 Å². The van der Waals surface area contributed by atoms with Gasteiger partial charge in [-0.25, -0.2) is 9.07 Å². The SMILES string of the molecule is CCOC(=O)Cn1nc(-c2ccc(F)cc2)c(C)c1NC(C)=O. The predicted octanol–water partition coefficient (Wildman–Crippen LogP) is 2.52. The van der Waals surface area contributed by atoms with Crippen molar-refractivity contribution in [3.8, 4) is 11.3 Å². The van der Waals surface area contributed by atoms with Gasteiger partial charge in [0, 0.05) is 18.1 Å². The van der Waals surface area contributed by atoms with E-state index in [0.717, 1.165) is 0 Å². The lowest BCUT2D eigenvalue weighted by molar-refractivity contribution is -0.144. The first-order chi connectivity index (χ1) is 10.9. The molecule has 0 aliphatic rings. The van der Waals surface area contributed by atoms with Crippen molar-refractivity contribution in [3.05, 3.63) is 35.6 Å². The molecule has 2 rings (SSSR count). The number of carbonyl (C=O) groups is 2. The number of carbonyl (C=O) groups excluding carboxylic acids is 2. The first-order valence-electron chi connectivity index (χ1n) is 7.19. The average molecular weight is 319 g/mol. The summed E-state index contributed by atoms with van der Waals surface area (Å²) in [6, 6.07) is 5.85. The Bertz CT molecular complexity index is 723. The molecule has 6 nitrogen and oxygen atoms in total. The number of benzene rings is 1. The molecule has 0 saturated heterocycles. The number of ether oxygens (including phenoxy) is 1. The number of aromatic nitrogens is 2. The van der Waals surface area contributed by atoms with Crippen LogP contribution in [0.15, 0.2) is 24.3 Å². The van der Waals surface area contributed by atoms with Crippen LogP contribution < -0.4 is 5.32 Å². The second-order valence-corrected chi connectivity index (χ2v) is 4.97. The van der Waals surface area contributed by atoms with Crippen molar-refractivity contribution in [2.75, 3.05) is 11.9 Å². The second-order valence-electron chi connectivity index (χ2n) is 4.97. The molecule has 1 N–H and O–H groups in total. The zero-order chi connectivity index (χ0) is 17.0. The standard InChI is InChI=1S/C16H18FN3O3/c1-4-23-14(22)9-20-16(18-11(3)21)10(2)15(19-20)12-5-7-13(17)8-6-12/h5-8H,4,9H2,1-3H3,(H,18,21). The molecule has 7 heteroatoms. The van der Waals surface area contributed by atoms with Crippen molar-refractivity contribution in [2.24, 2.45) is 0 Å². The van der Waals surface area contributed by atoms with Crippen molar-refractivity contribution in [1.82, 2.24) is 9.78 Å². The van der Waals surface area contributed by atoms with Crippen molar-refractivity contribution in [1.29, 1.82) is 0 Å². The molecule has 2 aromatic rings. The molecule has 0 atom stereocenters. The van der Waals surface area contributed by atoms with Gasteiger partial charge in [0.05, 0.1) is 12.3 Å². The topological polar surface area (TPSA) is 73.2 Å². The Morgan fingerprint density at radius 2 is 1.96 bits per heavy atom. The molecule has 0 radical (unpaired) electrons. The lowest BCUT2D eigenvalue weighted by Gasteiger charge is -2.07. The maximum absolute atomic E-state index is 13.1. The summed E-state index contributed by atoms with van der Waals surface area (Å²) in [4.78, 5) is 23.1. The smallest absolute Gasteiger partial charge is 0.327 e. The van der Waals surface area contributed by atoms with Crippen molar-refractivity contribution >= 4 is 17.7 Å². The quantitative estimate of drug-likeness (QED) is 0.860. The van der Waals surface area contributed by atoms with Crippen LogP contribution in [0.3, 0.4) is 0 Å². The lowest BCUT2D eigenvalue weighted by Crippen LogP contribution is -2.18. The fraction of sp³-hybridized carbons (Fsp3) is 0.312. The van der Waals surface area contributed by atoms with Gasteiger partial charge < -0.3 is 10.1 Å². The Morgan fingerprint density at radius 1 is 1.30 bits per heavy atom. The Balaban J connectivity index is 2.44. The van der Waals surface area contributed by atoms with E-state index in [1.165, 1.54) is 23.7 Å². The summed E-state index contributed by atoms with van der Waals surface area (Å²) in [7, 11) is 0. The Kier molecular flexibility index (Phi) is 5.10. The van der Waals surface area contributed by atoms with Gasteiger partial charge >= 0.3 is 5.97 Å². The first-order valence-corrected chi connectivity index (χ1v) is 7.19. The molecule has 0 saturated carbocycles. The molecule has 0 aliphatic carbocycles. The van der Waals surface area contributed by atoms with E-state index in [1.807, 2.05) is 0 Å². The highest BCUT2D eigenvalue weighted by Crippen LogP contribution is 2.28. The van der Waals surface area contributed by atoms with Crippen LogP contribution in [0.2, 0.25) is 0 Å². The van der Waals surface area contributed by atoms with Crippen LogP contribution >= 0.6 is 0 Å². The third-order valence-electron chi connectivity index (χ3n) is 3.19. The fourth-order valence-electron chi connectivity index (χ4n) is 2.20. The number of nitrogens with one attached hydrogen (secondary N) is 1. The maximum Gasteiger partial charge on any atom is 0.327 e. The number of nitrogens with zero attached hydrogens (tertiary/aromatic N) is 2. The molecule has 1 aromatic heterocycles. The van der Waals surface area contributed by atoms with Gasteiger partial charge in [0.25, 0.3) is 0 Å². The number of hydrogen-bond donors (Lipinski definition) is 1. The summed E-state index contributed by atoms with van der Waals surface area (Å²) in [5.41, 5.74) is 1.95. The minimum atomic E-state index is -0.452. The zero-order valence-corrected chi connectivity index (χ0v) is 13.2. The molecule has 1 amide bonds. The Hall–Kier alpha value is -2.70. The van der Waals surface area contributed by atoms with Crippen LogP contribution in [-0.4, -0.2) is 28.3 Å². The van der Waals surface area contributed by atoms with Crippen LogP contribution in [0.1, 0.15) is 19.4 Å². The van der Waals surface area contributed by atoms with Gasteiger partial charge in [-0.15, -0.1) is 0 Å². The molecule has 0 bridgehead atoms. The summed E-state index contributed by atoms with van der Waals surface area (Å²) in [6.07, 6.45) is 0. The minimum absolute atomic E-state index is 0.120. The van der Waals surface area contributed by atoms with Crippen molar-refractivity contribution in [3.63, 3.8) is 0 Å². The average Bonchev–Trinajstić information content (AvgIpc) is 2.77. The van der Waals surface area contributed by atoms with Gasteiger partial charge in [-0.05, 0) is 38.1 Å². The number of halogens is 1. The maximum atomic E-state index is 13.1. The number of amides is 1. The molecular formula is C16H18FN3O3. The summed E-state index contributed by atoms with van der Waals surface area (Å²) in [6.45, 7) is 5.01. The number of rotatable bonds is 5. The second kappa shape index (κ2) is 7.04. The molecule has 122 valence electrons. The van der Waals surface area contributed by atoms with E-state index in [1.54, 1.807) is 26.0 Å². The van der Waals surface area contributed by atoms with E-state index < -0.39 is 5.97 Å². The normalized spacial score (nSPS) is 10.4. The fourth-order valence-corrected chi connectivity index (χ4v) is 2.20. The largest absolute Gasteiger partial charge is 0.465 e. The molecule has 23 heavy (non-hydrogen) atoms. The molecule has 1 heterocycles. The molecule has 1 aromatic carbocycles. The van der Waals surface area contributed by atoms with Crippen molar-refractivity contribution < 1.29 is 18.7 Å². The van der Waals surface area contributed by atoms with Crippen LogP contribution in [0.5, 0.6) is 0 Å². The van der Waals surface area contributed by atoms with E-state index in [0.29, 0.717) is 22.6 Å². The van der Waals surface area contributed by atoms with E-state index in [2.05, 4.69) is 10.4 Å². The third kappa shape index (κ3) is 3.94. The van der Waals surface area contributed by atoms with Crippen molar-refractivity contribution in [2.45, 2.75) is 27.3 Å². The third-order valence-corrected chi connectivity index (χ3v) is 3.19. The highest BCUT2D eigenvalue weighted by Gasteiger charge is 2.19. The molecule has 0 unspecified atom stereocenters. The Morgan fingerprint density at radius 3 is 2.52 bits per heavy atom. The lowest BCUT2D eigenvalue weighted by atomic mass is 10.1. The summed E-state index contributed by atoms with van der Waals surface area (Å²) >= 11 is 0. The molecule has 0 spiro atoms. The van der Waals surface area contributed by atoms with Gasteiger partial charge in [0.2, 0.25) is 5.91 Å². The number of hydrogen-bond acceptors (Lipinski definition) is 4. The highest BCUT2D eigenvalue weighted by atomic mass is 19.1. The highest BCUT2D eigenvalue weighted by molar-refractivity contribution is 5.90. The first kappa shape index (κ1) is 16.7. The van der Waals surface area contributed by atoms with Gasteiger partial charge in [-0.1, -0.05) is 0 Å². The van der Waals surface area contributed by atoms with Gasteiger partial charge in [-0.3, -0.25) is 9.59 Å². The monoisotopic (exact) mass is 319 g/mol. The predicted molar refractivity (Wildman–Crippen MR) is 83.3 cm³/mol. The molecule has 0 aliphatic heterocycles. The van der Waals surface area contributed by atoms with E-state index in [4.69, 9.17) is 4.74 Å². The number of esters is 1. The zero-order valence-electron chi connectivity index (χ0n) is 13.2. The molecule has 0 fully saturated rings. The summed E-state index contributed by atoms with van der Waals surface area (Å²) in [5, 5.41) is 7.03. The van der Waals surface area contributed by atoms with E-state index in [-0.39, 0.29) is 24.9 Å². The summed E-state index contributed by atoms with van der Waals surface area (Å²) < 4.78 is 19.4. The van der Waals surface area contributed by atoms with Crippen LogP contribution in [0.4, 0.5) is 10.2 Å².